The Bertz CT molecular complexity index is 1130. The van der Waals surface area contributed by atoms with Crippen LogP contribution in [0.4, 0.5) is 17.5 Å². The van der Waals surface area contributed by atoms with E-state index in [1.165, 1.54) is 11.8 Å². The number of piperazine rings is 1. The van der Waals surface area contributed by atoms with Crippen LogP contribution in [0.2, 0.25) is 0 Å². The molecule has 1 N–H and O–H groups in total. The topological polar surface area (TPSA) is 91.6 Å². The number of benzene rings is 1. The van der Waals surface area contributed by atoms with Gasteiger partial charge in [-0.05, 0) is 44.0 Å². The smallest absolute Gasteiger partial charge is 0.289 e. The van der Waals surface area contributed by atoms with E-state index in [-0.39, 0.29) is 11.7 Å². The van der Waals surface area contributed by atoms with Gasteiger partial charge in [-0.15, -0.1) is 0 Å². The average Bonchev–Trinajstić information content (AvgIpc) is 3.35. The SMILES string of the molecule is Cc1ccc(Nc2nc(N3CCN(C(=O)c4ccco4)CC3)nc3c2C(=O)CCC3)cc1. The number of amides is 1. The number of nitrogens with one attached hydrogen (secondary N) is 1. The lowest BCUT2D eigenvalue weighted by atomic mass is 9.95. The summed E-state index contributed by atoms with van der Waals surface area (Å²) in [7, 11) is 0. The predicted octanol–water partition coefficient (Wildman–Crippen LogP) is 3.60. The third kappa shape index (κ3) is 3.95. The van der Waals surface area contributed by atoms with Gasteiger partial charge in [-0.25, -0.2) is 4.98 Å². The number of ketones is 1. The lowest BCUT2D eigenvalue weighted by Crippen LogP contribution is -2.49. The van der Waals surface area contributed by atoms with Gasteiger partial charge in [0.2, 0.25) is 5.95 Å². The first kappa shape index (κ1) is 20.2. The third-order valence-electron chi connectivity index (χ3n) is 5.96. The minimum absolute atomic E-state index is 0.0845. The molecule has 0 unspecified atom stereocenters. The molecule has 164 valence electrons. The summed E-state index contributed by atoms with van der Waals surface area (Å²) in [6, 6.07) is 11.4. The molecule has 32 heavy (non-hydrogen) atoms. The Balaban J connectivity index is 1.39. The number of aromatic nitrogens is 2. The number of rotatable bonds is 4. The van der Waals surface area contributed by atoms with Crippen molar-refractivity contribution >= 4 is 29.1 Å². The quantitative estimate of drug-likeness (QED) is 0.675. The van der Waals surface area contributed by atoms with Crippen LogP contribution >= 0.6 is 0 Å². The van der Waals surface area contributed by atoms with E-state index >= 15 is 0 Å². The Kier molecular flexibility index (Phi) is 5.34. The zero-order valence-corrected chi connectivity index (χ0v) is 18.0. The number of hydrogen-bond donors (Lipinski definition) is 1. The molecule has 5 rings (SSSR count). The molecule has 1 amide bonds. The molecule has 2 aromatic heterocycles. The van der Waals surface area contributed by atoms with E-state index in [4.69, 9.17) is 14.4 Å². The number of carbonyl (C=O) groups excluding carboxylic acids is 2. The summed E-state index contributed by atoms with van der Waals surface area (Å²) in [5.41, 5.74) is 3.45. The van der Waals surface area contributed by atoms with Gasteiger partial charge in [0.05, 0.1) is 17.5 Å². The molecule has 0 bridgehead atoms. The third-order valence-corrected chi connectivity index (χ3v) is 5.96. The van der Waals surface area contributed by atoms with E-state index in [1.807, 2.05) is 31.2 Å². The predicted molar refractivity (Wildman–Crippen MR) is 121 cm³/mol. The van der Waals surface area contributed by atoms with Crippen LogP contribution < -0.4 is 10.2 Å². The molecule has 1 saturated heterocycles. The molecule has 8 nitrogen and oxygen atoms in total. The Morgan fingerprint density at radius 2 is 1.81 bits per heavy atom. The first-order chi connectivity index (χ1) is 15.6. The van der Waals surface area contributed by atoms with E-state index in [2.05, 4.69) is 10.2 Å². The van der Waals surface area contributed by atoms with Crippen molar-refractivity contribution in [1.29, 1.82) is 0 Å². The number of anilines is 3. The highest BCUT2D eigenvalue weighted by molar-refractivity contribution is 6.03. The van der Waals surface area contributed by atoms with Crippen LogP contribution in [-0.4, -0.2) is 52.7 Å². The Morgan fingerprint density at radius 3 is 2.53 bits per heavy atom. The van der Waals surface area contributed by atoms with Crippen molar-refractivity contribution in [2.45, 2.75) is 26.2 Å². The van der Waals surface area contributed by atoms with Crippen LogP contribution in [0.1, 0.15) is 45.0 Å². The first-order valence-electron chi connectivity index (χ1n) is 10.9. The molecular weight excluding hydrogens is 406 g/mol. The van der Waals surface area contributed by atoms with Crippen LogP contribution in [0.15, 0.2) is 47.1 Å². The largest absolute Gasteiger partial charge is 0.459 e. The average molecular weight is 431 g/mol. The Morgan fingerprint density at radius 1 is 1.03 bits per heavy atom. The number of fused-ring (bicyclic) bond motifs is 1. The van der Waals surface area contributed by atoms with Crippen molar-refractivity contribution in [3.05, 3.63) is 65.2 Å². The zero-order valence-electron chi connectivity index (χ0n) is 18.0. The number of carbonyl (C=O) groups is 2. The van der Waals surface area contributed by atoms with Gasteiger partial charge in [0.15, 0.2) is 11.5 Å². The maximum absolute atomic E-state index is 12.7. The number of Topliss-reactive ketones (excluding diaryl/α,β-unsaturated/α-hetero) is 1. The monoisotopic (exact) mass is 431 g/mol. The lowest BCUT2D eigenvalue weighted by Gasteiger charge is -2.35. The molecule has 1 aliphatic carbocycles. The fraction of sp³-hybridized carbons (Fsp3) is 0.333. The maximum Gasteiger partial charge on any atom is 0.289 e. The lowest BCUT2D eigenvalue weighted by molar-refractivity contribution is 0.0714. The van der Waals surface area contributed by atoms with Crippen molar-refractivity contribution in [3.8, 4) is 0 Å². The molecule has 0 spiro atoms. The molecule has 2 aliphatic rings. The molecule has 0 atom stereocenters. The van der Waals surface area contributed by atoms with Gasteiger partial charge < -0.3 is 19.5 Å². The second-order valence-electron chi connectivity index (χ2n) is 8.22. The molecule has 3 heterocycles. The second-order valence-corrected chi connectivity index (χ2v) is 8.22. The van der Waals surface area contributed by atoms with Crippen molar-refractivity contribution < 1.29 is 14.0 Å². The van der Waals surface area contributed by atoms with E-state index in [0.29, 0.717) is 55.7 Å². The summed E-state index contributed by atoms with van der Waals surface area (Å²) in [5.74, 6) is 1.49. The van der Waals surface area contributed by atoms with Crippen molar-refractivity contribution in [2.75, 3.05) is 36.4 Å². The normalized spacial score (nSPS) is 16.1. The van der Waals surface area contributed by atoms with Crippen LogP contribution in [0, 0.1) is 6.92 Å². The van der Waals surface area contributed by atoms with Crippen molar-refractivity contribution in [1.82, 2.24) is 14.9 Å². The van der Waals surface area contributed by atoms with Crippen LogP contribution in [0.25, 0.3) is 0 Å². The number of hydrogen-bond acceptors (Lipinski definition) is 7. The highest BCUT2D eigenvalue weighted by Gasteiger charge is 2.29. The van der Waals surface area contributed by atoms with Gasteiger partial charge in [-0.2, -0.15) is 4.98 Å². The Labute approximate surface area is 186 Å². The summed E-state index contributed by atoms with van der Waals surface area (Å²) in [6.07, 6.45) is 3.59. The van der Waals surface area contributed by atoms with E-state index in [1.54, 1.807) is 17.0 Å². The number of nitrogens with zero attached hydrogens (tertiary/aromatic N) is 4. The number of aryl methyl sites for hydroxylation is 2. The Hall–Kier alpha value is -3.68. The van der Waals surface area contributed by atoms with Gasteiger partial charge >= 0.3 is 0 Å². The van der Waals surface area contributed by atoms with Crippen LogP contribution in [-0.2, 0) is 6.42 Å². The van der Waals surface area contributed by atoms with Crippen LogP contribution in [0.5, 0.6) is 0 Å². The van der Waals surface area contributed by atoms with Crippen molar-refractivity contribution in [3.63, 3.8) is 0 Å². The minimum atomic E-state index is -0.103. The summed E-state index contributed by atoms with van der Waals surface area (Å²) in [6.45, 7) is 4.37. The fourth-order valence-corrected chi connectivity index (χ4v) is 4.18. The van der Waals surface area contributed by atoms with Gasteiger partial charge in [0.1, 0.15) is 5.82 Å². The molecule has 1 fully saturated rings. The van der Waals surface area contributed by atoms with Crippen molar-refractivity contribution in [2.24, 2.45) is 0 Å². The van der Waals surface area contributed by atoms with E-state index in [0.717, 1.165) is 24.2 Å². The second kappa shape index (κ2) is 8.45. The van der Waals surface area contributed by atoms with Gasteiger partial charge in [0, 0.05) is 38.3 Å². The molecule has 1 aromatic carbocycles. The molecule has 3 aromatic rings. The molecule has 0 saturated carbocycles. The summed E-state index contributed by atoms with van der Waals surface area (Å²) in [5, 5.41) is 3.34. The zero-order chi connectivity index (χ0) is 22.1. The van der Waals surface area contributed by atoms with E-state index < -0.39 is 0 Å². The molecule has 1 aliphatic heterocycles. The highest BCUT2D eigenvalue weighted by atomic mass is 16.3. The van der Waals surface area contributed by atoms with Gasteiger partial charge in [0.25, 0.3) is 5.91 Å². The standard InChI is InChI=1S/C24H25N5O3/c1-16-7-9-17(10-8-16)25-22-21-18(4-2-5-19(21)30)26-24(27-22)29-13-11-28(12-14-29)23(31)20-6-3-15-32-20/h3,6-10,15H,2,4-5,11-14H2,1H3,(H,25,26,27). The van der Waals surface area contributed by atoms with Gasteiger partial charge in [-0.3, -0.25) is 9.59 Å². The summed E-state index contributed by atoms with van der Waals surface area (Å²) < 4.78 is 5.24. The highest BCUT2D eigenvalue weighted by Crippen LogP contribution is 2.30. The minimum Gasteiger partial charge on any atom is -0.459 e. The molecule has 0 radical (unpaired) electrons. The number of furan rings is 1. The first-order valence-corrected chi connectivity index (χ1v) is 10.9. The summed E-state index contributed by atoms with van der Waals surface area (Å²) in [4.78, 5) is 38.6. The van der Waals surface area contributed by atoms with E-state index in [9.17, 15) is 9.59 Å². The molecule has 8 heteroatoms. The fourth-order valence-electron chi connectivity index (χ4n) is 4.18. The summed E-state index contributed by atoms with van der Waals surface area (Å²) >= 11 is 0. The molecular formula is C24H25N5O3. The maximum atomic E-state index is 12.7. The van der Waals surface area contributed by atoms with Crippen LogP contribution in [0.3, 0.4) is 0 Å². The van der Waals surface area contributed by atoms with Gasteiger partial charge in [-0.1, -0.05) is 17.7 Å².